The normalized spacial score (nSPS) is 19.5. The van der Waals surface area contributed by atoms with Gasteiger partial charge in [-0.2, -0.15) is 0 Å². The number of likely N-dealkylation sites (tertiary alicyclic amines) is 5. The number of aromatic nitrogens is 5. The molecule has 1 N–H and O–H groups in total. The lowest BCUT2D eigenvalue weighted by Crippen LogP contribution is -2.43. The molecular formula is C109H98Cl4N14O16S. The van der Waals surface area contributed by atoms with Crippen molar-refractivity contribution in [3.8, 4) is 67.5 Å². The highest BCUT2D eigenvalue weighted by Crippen LogP contribution is 2.52. The summed E-state index contributed by atoms with van der Waals surface area (Å²) in [7, 11) is 1.62. The lowest BCUT2D eigenvalue weighted by molar-refractivity contribution is -0.140. The fourth-order valence-electron chi connectivity index (χ4n) is 21.7. The quantitative estimate of drug-likeness (QED) is 0.0736. The summed E-state index contributed by atoms with van der Waals surface area (Å²) >= 11 is 27.6. The first kappa shape index (κ1) is 95.0. The molecule has 4 atom stereocenters. The van der Waals surface area contributed by atoms with Crippen LogP contribution in [0.1, 0.15) is 158 Å². The second-order valence-corrected chi connectivity index (χ2v) is 41.2. The lowest BCUT2D eigenvalue weighted by atomic mass is 9.96. The van der Waals surface area contributed by atoms with E-state index >= 15 is 0 Å². The maximum atomic E-state index is 13.2. The number of likely N-dealkylation sites (N-methyl/N-ethyl adjacent to an activating group) is 1. The second-order valence-electron chi connectivity index (χ2n) is 38.3. The van der Waals surface area contributed by atoms with Crippen LogP contribution in [-0.4, -0.2) is 202 Å². The molecule has 12 aliphatic heterocycles. The van der Waals surface area contributed by atoms with Gasteiger partial charge in [-0.3, -0.25) is 87.5 Å². The zero-order chi connectivity index (χ0) is 99.0. The fraction of sp³-hybridized carbons (Fsp3) is 0.339. The first-order valence-corrected chi connectivity index (χ1v) is 51.4. The highest BCUT2D eigenvalue weighted by atomic mass is 35.5. The molecule has 0 spiro atoms. The summed E-state index contributed by atoms with van der Waals surface area (Å²) in [5, 5.41) is 12.7. The van der Waals surface area contributed by atoms with Gasteiger partial charge in [0.05, 0.1) is 57.8 Å². The highest BCUT2D eigenvalue weighted by Gasteiger charge is 2.43. The van der Waals surface area contributed by atoms with Crippen molar-refractivity contribution >= 4 is 171 Å². The maximum Gasteiger partial charge on any atom is 0.327 e. The minimum absolute atomic E-state index is 0.0344. The van der Waals surface area contributed by atoms with Crippen LogP contribution in [0.2, 0.25) is 20.1 Å². The van der Waals surface area contributed by atoms with Gasteiger partial charge >= 0.3 is 6.03 Å². The Balaban J connectivity index is 0.000000110. The average Bonchev–Trinajstić information content (AvgIpc) is 1.59. The van der Waals surface area contributed by atoms with E-state index in [-0.39, 0.29) is 136 Å². The number of hydrogen-bond acceptors (Lipinski definition) is 23. The van der Waals surface area contributed by atoms with Crippen LogP contribution in [0.25, 0.3) is 87.4 Å². The number of thiophene rings is 1. The molecule has 734 valence electrons. The monoisotopic (exact) mass is 2030 g/mol. The van der Waals surface area contributed by atoms with E-state index in [0.717, 1.165) is 260 Å². The van der Waals surface area contributed by atoms with Crippen molar-refractivity contribution in [1.82, 2.24) is 64.7 Å². The standard InChI is InChI=1S/C28H23ClN4O4.C28H26ClN3O4.C27H24ClN3O4.C26H25ClN4O4S/c29-17-10-16-11-24(28-21-13-30-7-6-22(21)32-37-28)36-27(16)20(12-17)18-5-8-31-23-9-15(1-2-19(18)23)14-33-25(34)3-4-26(33)35;29-19-13-18-14-24(28(35)31-10-2-1-3-11-31)36-27(18)22(15-19)20-8-9-30-23-12-17(4-5-21(20)23)16-32-25(33)6-7-26(32)34;28-17-12-16-13-23(27(34)30-10-2-1-3-11-30)35-26(16)21(14-17)19-8-9-29-22-15-18(4-5-20(19)22)31-24(32)6-7-25(31)33;1-29-14-22(32)31(26(29)34)13-17-12-20-24(36-17)18(5-6-28-20)19-11-16(27)9-15-10-21(35-23(15)19)25(33)30-7-3-2-4-8-30/h1-2,5,8-10,12,24,30H,3-4,6-7,11,13-14H2;4-5,8-9,12-13,15,24H,1-3,6-7,10-11,14,16H2;4-5,8-9,12,14-15,23H,1-3,6-7,10-11,13H2;5-6,9,11-12,21H,2-4,7-8,10,13-14H2,1H3. The van der Waals surface area contributed by atoms with Crippen molar-refractivity contribution < 1.29 is 76.2 Å². The molecule has 7 saturated heterocycles. The third-order valence-electron chi connectivity index (χ3n) is 28.9. The first-order chi connectivity index (χ1) is 69.9. The summed E-state index contributed by atoms with van der Waals surface area (Å²) in [5.74, 6) is 2.59. The Kier molecular flexibility index (Phi) is 26.4. The maximum absolute atomic E-state index is 13.2. The van der Waals surface area contributed by atoms with Gasteiger partial charge in [-0.05, 0) is 189 Å². The molecule has 18 heterocycles. The number of rotatable bonds is 15. The minimum Gasteiger partial charge on any atom is -0.481 e. The van der Waals surface area contributed by atoms with E-state index in [2.05, 4.69) is 30.4 Å². The van der Waals surface area contributed by atoms with Crippen molar-refractivity contribution in [2.75, 3.05) is 64.3 Å². The van der Waals surface area contributed by atoms with E-state index in [9.17, 15) is 52.7 Å². The Hall–Kier alpha value is -13.8. The number of carbonyl (C=O) groups excluding carboxylic acids is 11. The number of pyridine rings is 4. The van der Waals surface area contributed by atoms with E-state index in [1.54, 1.807) is 44.0 Å². The van der Waals surface area contributed by atoms with Crippen molar-refractivity contribution in [1.29, 1.82) is 0 Å². The van der Waals surface area contributed by atoms with E-state index < -0.39 is 18.3 Å². The molecule has 0 radical (unpaired) electrons. The molecule has 12 amide bonds. The number of ether oxygens (including phenoxy) is 4. The Morgan fingerprint density at radius 2 is 0.792 bits per heavy atom. The van der Waals surface area contributed by atoms with Gasteiger partial charge in [0.25, 0.3) is 23.6 Å². The molecule has 30 nitrogen and oxygen atoms in total. The predicted molar refractivity (Wildman–Crippen MR) is 541 cm³/mol. The average molecular weight is 2030 g/mol. The molecule has 7 fully saturated rings. The predicted octanol–water partition coefficient (Wildman–Crippen LogP) is 17.9. The van der Waals surface area contributed by atoms with E-state index in [1.165, 1.54) is 35.8 Å². The van der Waals surface area contributed by atoms with Gasteiger partial charge in [0, 0.05) is 252 Å². The largest absolute Gasteiger partial charge is 0.481 e. The number of nitrogens with zero attached hydrogens (tertiary/aromatic N) is 13. The van der Waals surface area contributed by atoms with Crippen LogP contribution >= 0.6 is 57.7 Å². The van der Waals surface area contributed by atoms with E-state index in [4.69, 9.17) is 69.9 Å². The zero-order valence-corrected chi connectivity index (χ0v) is 82.6. The van der Waals surface area contributed by atoms with Gasteiger partial charge < -0.3 is 48.4 Å². The third kappa shape index (κ3) is 18.8. The summed E-state index contributed by atoms with van der Waals surface area (Å²) in [4.78, 5) is 168. The van der Waals surface area contributed by atoms with Crippen LogP contribution in [0.15, 0.2) is 163 Å². The van der Waals surface area contributed by atoms with Crippen molar-refractivity contribution in [3.63, 3.8) is 0 Å². The Morgan fingerprint density at radius 1 is 0.396 bits per heavy atom. The lowest BCUT2D eigenvalue weighted by Gasteiger charge is -2.28. The van der Waals surface area contributed by atoms with Crippen LogP contribution < -0.4 is 29.2 Å². The fourth-order valence-corrected chi connectivity index (χ4v) is 23.8. The van der Waals surface area contributed by atoms with Crippen LogP contribution in [0.5, 0.6) is 23.0 Å². The van der Waals surface area contributed by atoms with Gasteiger partial charge in [0.1, 0.15) is 29.5 Å². The van der Waals surface area contributed by atoms with Crippen LogP contribution in [-0.2, 0) is 106 Å². The van der Waals surface area contributed by atoms with E-state index in [0.29, 0.717) is 74.2 Å². The molecular weight excluding hydrogens is 1940 g/mol. The number of urea groups is 1. The van der Waals surface area contributed by atoms with Gasteiger partial charge in [-0.1, -0.05) is 81.9 Å². The number of benzene rings is 7. The molecule has 4 unspecified atom stereocenters. The molecule has 12 aliphatic rings. The smallest absolute Gasteiger partial charge is 0.327 e. The van der Waals surface area contributed by atoms with Gasteiger partial charge in [0.15, 0.2) is 30.2 Å². The Labute approximate surface area is 851 Å². The summed E-state index contributed by atoms with van der Waals surface area (Å²) in [6.45, 7) is 7.12. The number of amides is 12. The summed E-state index contributed by atoms with van der Waals surface area (Å²) in [6, 6.07) is 41.4. The molecule has 13 aromatic rings. The topological polar surface area (TPSA) is 340 Å². The molecule has 0 aliphatic carbocycles. The number of hydrogen-bond donors (Lipinski definition) is 1. The minimum atomic E-state index is -0.549. The van der Waals surface area contributed by atoms with Gasteiger partial charge in [0.2, 0.25) is 35.4 Å². The Bertz CT molecular complexity index is 7470. The Morgan fingerprint density at radius 3 is 1.23 bits per heavy atom. The number of halogens is 4. The number of anilines is 1. The van der Waals surface area contributed by atoms with Crippen LogP contribution in [0, 0.1) is 0 Å². The summed E-state index contributed by atoms with van der Waals surface area (Å²) < 4.78 is 32.1. The SMILES string of the molecule is CN1CC(=O)N(Cc2cc3nccc(-c4cc(Cl)cc5c4OC(C(=O)N4CCCCC4)C5)c3s2)C1=O.O=C(C1Cc2cc(Cl)cc(-c3ccnc4cc(CN5C(=O)CCC5=O)ccc34)c2O1)N1CCCCC1.O=C(C1Cc2cc(Cl)cc(-c3ccnc4cc(N5C(=O)CCC5=O)ccc34)c2O1)N1CCCCC1.O=C1CCC(=O)N1Cc1ccc2c(-c3cc(Cl)cc4c3OC(c3onc5c3CNCC5)C4)ccnc2c1. The summed E-state index contributed by atoms with van der Waals surface area (Å²) in [6.07, 6.45) is 19.2. The second kappa shape index (κ2) is 40.1. The van der Waals surface area contributed by atoms with Crippen molar-refractivity contribution in [2.45, 2.75) is 179 Å². The molecule has 7 aromatic carbocycles. The number of nitrogens with one attached hydrogen (secondary N) is 1. The number of imide groups is 4. The van der Waals surface area contributed by atoms with Crippen LogP contribution in [0.3, 0.4) is 0 Å². The molecule has 0 saturated carbocycles. The van der Waals surface area contributed by atoms with Gasteiger partial charge in [-0.15, -0.1) is 11.3 Å². The molecule has 144 heavy (non-hydrogen) atoms. The molecule has 25 rings (SSSR count). The summed E-state index contributed by atoms with van der Waals surface area (Å²) in [5.41, 5.74) is 18.0. The highest BCUT2D eigenvalue weighted by molar-refractivity contribution is 7.19. The van der Waals surface area contributed by atoms with Crippen molar-refractivity contribution in [2.24, 2.45) is 0 Å². The number of carbonyl (C=O) groups is 11. The van der Waals surface area contributed by atoms with E-state index in [1.807, 2.05) is 136 Å². The third-order valence-corrected chi connectivity index (χ3v) is 30.9. The number of piperidine rings is 3. The molecule has 6 aromatic heterocycles. The van der Waals surface area contributed by atoms with Gasteiger partial charge in [-0.25, -0.2) is 4.79 Å². The molecule has 0 bridgehead atoms. The molecule has 35 heteroatoms. The zero-order valence-electron chi connectivity index (χ0n) is 78.7. The number of fused-ring (bicyclic) bond motifs is 9. The van der Waals surface area contributed by atoms with Crippen LogP contribution in [0.4, 0.5) is 10.5 Å². The van der Waals surface area contributed by atoms with Crippen molar-refractivity contribution in [3.05, 3.63) is 234 Å². The first-order valence-electron chi connectivity index (χ1n) is 49.0.